The minimum atomic E-state index is -0.264. The number of aryl methyl sites for hydroxylation is 1. The van der Waals surface area contributed by atoms with Crippen molar-refractivity contribution in [2.45, 2.75) is 57.7 Å². The van der Waals surface area contributed by atoms with Crippen LogP contribution in [0.4, 0.5) is 0 Å². The van der Waals surface area contributed by atoms with Gasteiger partial charge in [-0.3, -0.25) is 9.59 Å². The number of carbonyl (C=O) groups is 2. The SMILES string of the molecule is COC(=O)Cc1cccc(-c2ccc3cc(-c4nc5cc(C(=O)N6CC7CCC6[C@@H]7N)cc(OC)c5n4C)n(CC4CC4)c3n2)c1C. The maximum absolute atomic E-state index is 13.8. The molecule has 2 saturated carbocycles. The summed E-state index contributed by atoms with van der Waals surface area (Å²) in [4.78, 5) is 38.1. The summed E-state index contributed by atoms with van der Waals surface area (Å²) < 4.78 is 15.2. The van der Waals surface area contributed by atoms with Crippen LogP contribution >= 0.6 is 0 Å². The summed E-state index contributed by atoms with van der Waals surface area (Å²) in [5.74, 6) is 2.11. The number of hydrogen-bond donors (Lipinski definition) is 1. The fourth-order valence-corrected chi connectivity index (χ4v) is 7.85. The van der Waals surface area contributed by atoms with Gasteiger partial charge in [0, 0.05) is 48.7 Å². The predicted octanol–water partition coefficient (Wildman–Crippen LogP) is 5.26. The van der Waals surface area contributed by atoms with Crippen molar-refractivity contribution < 1.29 is 19.1 Å². The van der Waals surface area contributed by atoms with Crippen LogP contribution in [0.2, 0.25) is 0 Å². The fourth-order valence-electron chi connectivity index (χ4n) is 7.85. The Morgan fingerprint density at radius 2 is 1.85 bits per heavy atom. The Hall–Kier alpha value is -4.70. The molecule has 3 aromatic heterocycles. The highest BCUT2D eigenvalue weighted by molar-refractivity contribution is 6.00. The number of imidazole rings is 1. The van der Waals surface area contributed by atoms with Gasteiger partial charge < -0.3 is 29.2 Å². The first-order chi connectivity index (χ1) is 22.7. The van der Waals surface area contributed by atoms with Crippen molar-refractivity contribution in [1.29, 1.82) is 0 Å². The third kappa shape index (κ3) is 4.88. The number of methoxy groups -OCH3 is 2. The van der Waals surface area contributed by atoms with E-state index in [9.17, 15) is 9.59 Å². The van der Waals surface area contributed by atoms with E-state index in [-0.39, 0.29) is 30.4 Å². The molecule has 3 atom stereocenters. The van der Waals surface area contributed by atoms with Crippen LogP contribution in [0.1, 0.15) is 47.2 Å². The first-order valence-electron chi connectivity index (χ1n) is 16.5. The highest BCUT2D eigenvalue weighted by Gasteiger charge is 2.47. The average Bonchev–Trinajstić information content (AvgIpc) is 3.48. The Balaban J connectivity index is 1.22. The van der Waals surface area contributed by atoms with Crippen LogP contribution in [0.3, 0.4) is 0 Å². The molecule has 47 heavy (non-hydrogen) atoms. The number of fused-ring (bicyclic) bond motifs is 4. The molecule has 0 radical (unpaired) electrons. The molecule has 3 aliphatic rings. The largest absolute Gasteiger partial charge is 0.494 e. The fraction of sp³-hybridized carbons (Fsp3) is 0.405. The van der Waals surface area contributed by atoms with Crippen LogP contribution in [0, 0.1) is 18.8 Å². The lowest BCUT2D eigenvalue weighted by atomic mass is 9.97. The third-order valence-electron chi connectivity index (χ3n) is 10.7. The van der Waals surface area contributed by atoms with E-state index in [0.29, 0.717) is 35.2 Å². The minimum Gasteiger partial charge on any atom is -0.494 e. The lowest BCUT2D eigenvalue weighted by Crippen LogP contribution is -2.41. The zero-order valence-corrected chi connectivity index (χ0v) is 27.3. The van der Waals surface area contributed by atoms with Crippen LogP contribution < -0.4 is 10.5 Å². The van der Waals surface area contributed by atoms with E-state index >= 15 is 0 Å². The maximum Gasteiger partial charge on any atom is 0.309 e. The van der Waals surface area contributed by atoms with Crippen LogP contribution in [0.25, 0.3) is 44.8 Å². The number of benzene rings is 2. The van der Waals surface area contributed by atoms with Gasteiger partial charge in [-0.05, 0) is 85.9 Å². The maximum atomic E-state index is 13.8. The summed E-state index contributed by atoms with van der Waals surface area (Å²) in [7, 11) is 5.05. The first kappa shape index (κ1) is 29.7. The molecule has 5 aromatic rings. The summed E-state index contributed by atoms with van der Waals surface area (Å²) >= 11 is 0. The Morgan fingerprint density at radius 1 is 1.02 bits per heavy atom. The molecule has 2 bridgehead atoms. The number of rotatable bonds is 8. The van der Waals surface area contributed by atoms with Crippen molar-refractivity contribution in [3.63, 3.8) is 0 Å². The van der Waals surface area contributed by atoms with Crippen molar-refractivity contribution >= 4 is 33.9 Å². The Labute approximate surface area is 273 Å². The monoisotopic (exact) mass is 632 g/mol. The molecular formula is C37H40N6O4. The first-order valence-corrected chi connectivity index (χ1v) is 16.5. The molecular weight excluding hydrogens is 592 g/mol. The van der Waals surface area contributed by atoms with Crippen molar-refractivity contribution in [3.8, 4) is 28.5 Å². The van der Waals surface area contributed by atoms with Crippen molar-refractivity contribution in [3.05, 3.63) is 65.2 Å². The number of carbonyl (C=O) groups excluding carboxylic acids is 2. The number of hydrogen-bond acceptors (Lipinski definition) is 7. The second kappa shape index (κ2) is 11.2. The van der Waals surface area contributed by atoms with Gasteiger partial charge in [0.25, 0.3) is 5.91 Å². The quantitative estimate of drug-likeness (QED) is 0.232. The lowest BCUT2D eigenvalue weighted by Gasteiger charge is -2.27. The standard InChI is InChI=1S/C37H40N6O4/c1-20-22(17-32(44)47-4)6-5-7-26(20)27-12-10-23-15-30(42(35(23)39-27)18-21-8-9-21)36-40-28-14-25(16-31(46-3)34(28)41(36)2)37(45)43-19-24-11-13-29(43)33(24)38/h5-7,10,12,14-16,21,24,29,33H,8-9,11,13,17-19,38H2,1-4H3/t24?,29?,33-/m1/s1. The number of esters is 1. The third-order valence-corrected chi connectivity index (χ3v) is 10.7. The summed E-state index contributed by atoms with van der Waals surface area (Å²) in [6.45, 7) is 3.59. The number of piperidine rings is 1. The van der Waals surface area contributed by atoms with Gasteiger partial charge in [0.1, 0.15) is 16.9 Å². The van der Waals surface area contributed by atoms with E-state index in [0.717, 1.165) is 69.8 Å². The summed E-state index contributed by atoms with van der Waals surface area (Å²) in [6, 6.07) is 16.2. The molecule has 242 valence electrons. The zero-order valence-electron chi connectivity index (χ0n) is 27.3. The van der Waals surface area contributed by atoms with Gasteiger partial charge in [-0.25, -0.2) is 9.97 Å². The van der Waals surface area contributed by atoms with Gasteiger partial charge in [0.05, 0.1) is 37.5 Å². The zero-order chi connectivity index (χ0) is 32.6. The molecule has 1 saturated heterocycles. The highest BCUT2D eigenvalue weighted by atomic mass is 16.5. The van der Waals surface area contributed by atoms with Gasteiger partial charge in [0.15, 0.2) is 5.82 Å². The molecule has 2 aliphatic carbocycles. The van der Waals surface area contributed by atoms with Gasteiger partial charge in [0.2, 0.25) is 0 Å². The van der Waals surface area contributed by atoms with Crippen LogP contribution in [-0.2, 0) is 29.5 Å². The van der Waals surface area contributed by atoms with Crippen molar-refractivity contribution in [2.75, 3.05) is 20.8 Å². The van der Waals surface area contributed by atoms with Gasteiger partial charge in [-0.2, -0.15) is 0 Å². The summed E-state index contributed by atoms with van der Waals surface area (Å²) in [5, 5.41) is 1.03. The van der Waals surface area contributed by atoms with Gasteiger partial charge in [-0.1, -0.05) is 18.2 Å². The second-order valence-corrected chi connectivity index (χ2v) is 13.5. The number of nitrogens with zero attached hydrogens (tertiary/aromatic N) is 5. The Bertz CT molecular complexity index is 2070. The molecule has 10 heteroatoms. The molecule has 2 unspecified atom stereocenters. The predicted molar refractivity (Wildman–Crippen MR) is 180 cm³/mol. The second-order valence-electron chi connectivity index (χ2n) is 13.5. The van der Waals surface area contributed by atoms with E-state index in [1.807, 2.05) is 49.2 Å². The Morgan fingerprint density at radius 3 is 2.55 bits per heavy atom. The van der Waals surface area contributed by atoms with E-state index in [4.69, 9.17) is 25.2 Å². The molecule has 4 heterocycles. The summed E-state index contributed by atoms with van der Waals surface area (Å²) in [6.07, 6.45) is 4.66. The number of pyridine rings is 1. The lowest BCUT2D eigenvalue weighted by molar-refractivity contribution is -0.139. The number of likely N-dealkylation sites (tertiary alicyclic amines) is 1. The van der Waals surface area contributed by atoms with Crippen LogP contribution in [-0.4, -0.2) is 68.7 Å². The number of amides is 1. The molecule has 1 aliphatic heterocycles. The number of nitrogens with two attached hydrogens (primary N) is 1. The average molecular weight is 633 g/mol. The van der Waals surface area contributed by atoms with E-state index in [2.05, 4.69) is 27.3 Å². The molecule has 10 nitrogen and oxygen atoms in total. The smallest absolute Gasteiger partial charge is 0.309 e. The van der Waals surface area contributed by atoms with E-state index in [1.54, 1.807) is 7.11 Å². The van der Waals surface area contributed by atoms with Crippen molar-refractivity contribution in [2.24, 2.45) is 24.6 Å². The van der Waals surface area contributed by atoms with Gasteiger partial charge >= 0.3 is 5.97 Å². The highest BCUT2D eigenvalue weighted by Crippen LogP contribution is 2.40. The number of ether oxygens (including phenoxy) is 2. The number of aromatic nitrogens is 4. The summed E-state index contributed by atoms with van der Waals surface area (Å²) in [5.41, 5.74) is 14.2. The molecule has 2 aromatic carbocycles. The Kier molecular flexibility index (Phi) is 7.09. The molecule has 8 rings (SSSR count). The topological polar surface area (TPSA) is 118 Å². The van der Waals surface area contributed by atoms with Crippen molar-refractivity contribution in [1.82, 2.24) is 24.0 Å². The van der Waals surface area contributed by atoms with Gasteiger partial charge in [-0.15, -0.1) is 0 Å². The minimum absolute atomic E-state index is 0.00872. The molecule has 1 amide bonds. The molecule has 0 spiro atoms. The van der Waals surface area contributed by atoms with Crippen LogP contribution in [0.5, 0.6) is 5.75 Å². The molecule has 2 N–H and O–H groups in total. The molecule has 3 fully saturated rings. The van der Waals surface area contributed by atoms with E-state index in [1.165, 1.54) is 20.0 Å². The van der Waals surface area contributed by atoms with E-state index < -0.39 is 0 Å². The normalized spacial score (nSPS) is 20.4. The van der Waals surface area contributed by atoms with Crippen LogP contribution in [0.15, 0.2) is 48.5 Å².